The lowest BCUT2D eigenvalue weighted by Crippen LogP contribution is -2.18. The Hall–Kier alpha value is -1.13. The molecule has 2 aliphatic rings. The van der Waals surface area contributed by atoms with Gasteiger partial charge in [-0.1, -0.05) is 56.9 Å². The Morgan fingerprint density at radius 2 is 2.07 bits per heavy atom. The van der Waals surface area contributed by atoms with Crippen LogP contribution in [0.1, 0.15) is 78.1 Å². The molecule has 4 nitrogen and oxygen atoms in total. The summed E-state index contributed by atoms with van der Waals surface area (Å²) in [6, 6.07) is 0. The Morgan fingerprint density at radius 1 is 1.30 bits per heavy atom. The first-order valence-corrected chi connectivity index (χ1v) is 10.9. The molecule has 3 N–H and O–H groups in total. The zero-order valence-corrected chi connectivity index (χ0v) is 17.0. The summed E-state index contributed by atoms with van der Waals surface area (Å²) in [5, 5.41) is 29.6. The van der Waals surface area contributed by atoms with Gasteiger partial charge in [0.2, 0.25) is 0 Å². The number of aliphatic carboxylic acids is 1. The number of hydrogen-bond donors (Lipinski definition) is 3. The largest absolute Gasteiger partial charge is 0.481 e. The van der Waals surface area contributed by atoms with Crippen LogP contribution >= 0.6 is 0 Å². The van der Waals surface area contributed by atoms with Crippen LogP contribution in [0.2, 0.25) is 0 Å². The second-order valence-electron chi connectivity index (χ2n) is 8.61. The minimum Gasteiger partial charge on any atom is -0.481 e. The highest BCUT2D eigenvalue weighted by Crippen LogP contribution is 2.50. The zero-order valence-electron chi connectivity index (χ0n) is 17.0. The van der Waals surface area contributed by atoms with E-state index in [0.29, 0.717) is 24.2 Å². The number of carboxylic acid groups (broad SMARTS) is 1. The maximum Gasteiger partial charge on any atom is 0.303 e. The van der Waals surface area contributed by atoms with E-state index in [4.69, 9.17) is 5.11 Å². The third-order valence-corrected chi connectivity index (χ3v) is 6.54. The van der Waals surface area contributed by atoms with Gasteiger partial charge in [-0.25, -0.2) is 0 Å². The summed E-state index contributed by atoms with van der Waals surface area (Å²) >= 11 is 0. The molecule has 0 amide bonds. The molecule has 0 saturated heterocycles. The highest BCUT2D eigenvalue weighted by atomic mass is 16.4. The molecule has 2 rings (SSSR count). The molecule has 0 aromatic rings. The number of aliphatic hydroxyl groups excluding tert-OH is 2. The predicted octanol–water partition coefficient (Wildman–Crippen LogP) is 4.71. The Labute approximate surface area is 164 Å². The maximum absolute atomic E-state index is 10.6. The monoisotopic (exact) mass is 378 g/mol. The van der Waals surface area contributed by atoms with Crippen LogP contribution in [0.4, 0.5) is 0 Å². The van der Waals surface area contributed by atoms with E-state index in [-0.39, 0.29) is 18.4 Å². The molecule has 27 heavy (non-hydrogen) atoms. The quantitative estimate of drug-likeness (QED) is 0.359. The van der Waals surface area contributed by atoms with Crippen molar-refractivity contribution in [2.75, 3.05) is 0 Å². The van der Waals surface area contributed by atoms with E-state index in [1.807, 2.05) is 6.08 Å². The number of fused-ring (bicyclic) bond motifs is 1. The topological polar surface area (TPSA) is 77.8 Å². The number of allylic oxidation sites excluding steroid dienone is 2. The van der Waals surface area contributed by atoms with Gasteiger partial charge in [0.1, 0.15) is 0 Å². The predicted molar refractivity (Wildman–Crippen MR) is 108 cm³/mol. The van der Waals surface area contributed by atoms with Crippen LogP contribution in [0.3, 0.4) is 0 Å². The molecule has 4 heteroatoms. The highest BCUT2D eigenvalue weighted by Gasteiger charge is 2.44. The van der Waals surface area contributed by atoms with Crippen molar-refractivity contribution in [2.45, 2.75) is 90.3 Å². The van der Waals surface area contributed by atoms with Crippen molar-refractivity contribution in [3.8, 4) is 0 Å². The van der Waals surface area contributed by atoms with Crippen LogP contribution in [0.25, 0.3) is 0 Å². The number of unbranched alkanes of at least 4 members (excludes halogenated alkanes) is 1. The summed E-state index contributed by atoms with van der Waals surface area (Å²) in [6.07, 6.45) is 14.4. The van der Waals surface area contributed by atoms with Gasteiger partial charge < -0.3 is 15.3 Å². The van der Waals surface area contributed by atoms with E-state index in [0.717, 1.165) is 51.4 Å². The van der Waals surface area contributed by atoms with E-state index in [1.54, 1.807) is 0 Å². The van der Waals surface area contributed by atoms with Crippen molar-refractivity contribution in [3.05, 3.63) is 23.8 Å². The minimum atomic E-state index is -0.729. The van der Waals surface area contributed by atoms with Crippen LogP contribution in [0.15, 0.2) is 23.8 Å². The fourth-order valence-electron chi connectivity index (χ4n) is 5.07. The van der Waals surface area contributed by atoms with Crippen LogP contribution in [0, 0.1) is 23.7 Å². The van der Waals surface area contributed by atoms with Gasteiger partial charge in [0.15, 0.2) is 0 Å². The van der Waals surface area contributed by atoms with Gasteiger partial charge in [0, 0.05) is 12.3 Å². The molecule has 0 bridgehead atoms. The molecule has 0 radical (unpaired) electrons. The van der Waals surface area contributed by atoms with Gasteiger partial charge in [0.25, 0.3) is 0 Å². The van der Waals surface area contributed by atoms with E-state index in [1.165, 1.54) is 5.57 Å². The van der Waals surface area contributed by atoms with E-state index in [2.05, 4.69) is 26.0 Å². The van der Waals surface area contributed by atoms with Crippen LogP contribution in [0.5, 0.6) is 0 Å². The SMILES string of the molecule is CCCC(CC)C[C@@H](O)C=C[C@@H]1[C@H]2CC(=CCCCC(=O)O)C[C@@H]2C[C@H]1O. The first-order chi connectivity index (χ1) is 12.9. The van der Waals surface area contributed by atoms with Crippen molar-refractivity contribution < 1.29 is 20.1 Å². The number of carbonyl (C=O) groups is 1. The average molecular weight is 379 g/mol. The summed E-state index contributed by atoms with van der Waals surface area (Å²) in [5.74, 6) is 0.976. The fraction of sp³-hybridized carbons (Fsp3) is 0.783. The van der Waals surface area contributed by atoms with Crippen LogP contribution in [-0.4, -0.2) is 33.5 Å². The minimum absolute atomic E-state index is 0.140. The summed E-state index contributed by atoms with van der Waals surface area (Å²) in [7, 11) is 0. The van der Waals surface area contributed by atoms with Gasteiger partial charge in [-0.3, -0.25) is 4.79 Å². The van der Waals surface area contributed by atoms with Gasteiger partial charge in [0.05, 0.1) is 12.2 Å². The Balaban J connectivity index is 1.86. The molecule has 154 valence electrons. The molecular formula is C23H38O4. The van der Waals surface area contributed by atoms with E-state index >= 15 is 0 Å². The smallest absolute Gasteiger partial charge is 0.303 e. The molecule has 0 aliphatic heterocycles. The summed E-state index contributed by atoms with van der Waals surface area (Å²) in [5.41, 5.74) is 1.43. The lowest BCUT2D eigenvalue weighted by Gasteiger charge is -2.19. The first-order valence-electron chi connectivity index (χ1n) is 10.9. The molecule has 0 aromatic carbocycles. The normalized spacial score (nSPS) is 31.5. The third kappa shape index (κ3) is 6.76. The van der Waals surface area contributed by atoms with Gasteiger partial charge >= 0.3 is 5.97 Å². The first kappa shape index (κ1) is 22.2. The summed E-state index contributed by atoms with van der Waals surface area (Å²) < 4.78 is 0. The number of carboxylic acids is 1. The molecule has 0 aromatic heterocycles. The second-order valence-corrected chi connectivity index (χ2v) is 8.61. The van der Waals surface area contributed by atoms with Crippen molar-refractivity contribution in [2.24, 2.45) is 23.7 Å². The summed E-state index contributed by atoms with van der Waals surface area (Å²) in [4.78, 5) is 10.6. The third-order valence-electron chi connectivity index (χ3n) is 6.54. The van der Waals surface area contributed by atoms with Crippen molar-refractivity contribution in [1.29, 1.82) is 0 Å². The Bertz CT molecular complexity index is 524. The molecule has 2 saturated carbocycles. The average Bonchev–Trinajstić information content (AvgIpc) is 3.13. The maximum atomic E-state index is 10.6. The fourth-order valence-corrected chi connectivity index (χ4v) is 5.07. The Kier molecular flexibility index (Phi) is 9.04. The van der Waals surface area contributed by atoms with E-state index in [9.17, 15) is 15.0 Å². The van der Waals surface area contributed by atoms with Gasteiger partial charge in [-0.2, -0.15) is 0 Å². The van der Waals surface area contributed by atoms with Crippen LogP contribution < -0.4 is 0 Å². The van der Waals surface area contributed by atoms with Crippen LogP contribution in [-0.2, 0) is 4.79 Å². The van der Waals surface area contributed by atoms with Gasteiger partial charge in [-0.05, 0) is 56.3 Å². The molecule has 6 atom stereocenters. The lowest BCUT2D eigenvalue weighted by molar-refractivity contribution is -0.137. The molecular weight excluding hydrogens is 340 g/mol. The zero-order chi connectivity index (χ0) is 19.8. The standard InChI is InChI=1S/C23H38O4/c1-3-7-16(4-2)13-19(24)10-11-20-21-14-17(8-5-6-9-23(26)27)12-18(21)15-22(20)25/h8,10-11,16,18-22,24-25H,3-7,9,12-15H2,1-2H3,(H,26,27)/t16?,18-,19+,20-,21+,22-/m1/s1. The Morgan fingerprint density at radius 3 is 2.74 bits per heavy atom. The van der Waals surface area contributed by atoms with Gasteiger partial charge in [-0.15, -0.1) is 0 Å². The molecule has 0 heterocycles. The van der Waals surface area contributed by atoms with Crippen molar-refractivity contribution in [3.63, 3.8) is 0 Å². The summed E-state index contributed by atoms with van der Waals surface area (Å²) in [6.45, 7) is 4.37. The highest BCUT2D eigenvalue weighted by molar-refractivity contribution is 5.66. The molecule has 2 fully saturated rings. The van der Waals surface area contributed by atoms with Crippen molar-refractivity contribution in [1.82, 2.24) is 0 Å². The molecule has 0 spiro atoms. The molecule has 2 aliphatic carbocycles. The lowest BCUT2D eigenvalue weighted by atomic mass is 9.89. The number of rotatable bonds is 11. The number of hydrogen-bond acceptors (Lipinski definition) is 3. The molecule has 1 unspecified atom stereocenters. The van der Waals surface area contributed by atoms with Crippen molar-refractivity contribution >= 4 is 5.97 Å². The van der Waals surface area contributed by atoms with E-state index < -0.39 is 12.1 Å². The second kappa shape index (κ2) is 11.0. The number of aliphatic hydroxyl groups is 2.